The summed E-state index contributed by atoms with van der Waals surface area (Å²) in [5, 5.41) is 9.66. The highest BCUT2D eigenvalue weighted by molar-refractivity contribution is 7.20. The van der Waals surface area contributed by atoms with Gasteiger partial charge in [-0.25, -0.2) is 0 Å². The number of anilines is 2. The van der Waals surface area contributed by atoms with Gasteiger partial charge in [-0.15, -0.1) is 24.8 Å². The van der Waals surface area contributed by atoms with E-state index in [1.54, 1.807) is 0 Å². The normalized spacial score (nSPS) is 7.60. The molecule has 0 fully saturated rings. The molecular weight excluding hydrogens is 195 g/mol. The number of rotatable bonds is 0. The molecule has 1 rings (SSSR count). The van der Waals surface area contributed by atoms with E-state index in [-0.39, 0.29) is 30.6 Å². The number of halogens is 2. The molecule has 0 aromatic carbocycles. The molecule has 0 aliphatic rings. The Morgan fingerprint density at radius 3 is 1.90 bits per heavy atom. The summed E-state index contributed by atoms with van der Waals surface area (Å²) in [6, 6.07) is 1.43. The molecule has 0 bridgehead atoms. The van der Waals surface area contributed by atoms with Crippen LogP contribution in [0.4, 0.5) is 10.0 Å². The van der Waals surface area contributed by atoms with Crippen LogP contribution in [0.3, 0.4) is 0 Å². The minimum atomic E-state index is 0. The molecule has 5 N–H and O–H groups in total. The molecule has 0 atom stereocenters. The van der Waals surface area contributed by atoms with E-state index in [0.717, 1.165) is 0 Å². The van der Waals surface area contributed by atoms with Gasteiger partial charge in [0.05, 0.1) is 5.00 Å². The van der Waals surface area contributed by atoms with Gasteiger partial charge in [-0.2, -0.15) is 0 Å². The molecule has 0 aliphatic heterocycles. The van der Waals surface area contributed by atoms with Crippen molar-refractivity contribution in [3.8, 4) is 5.75 Å². The zero-order chi connectivity index (χ0) is 6.15. The SMILES string of the molecule is Cl.Cl.Nc1cc(O)c(N)s1. The average Bonchev–Trinajstić information content (AvgIpc) is 1.85. The predicted octanol–water partition coefficient (Wildman–Crippen LogP) is 1.46. The second-order valence-corrected chi connectivity index (χ2v) is 2.51. The van der Waals surface area contributed by atoms with Gasteiger partial charge in [-0.1, -0.05) is 11.3 Å². The molecular formula is C4H8Cl2N2OS. The van der Waals surface area contributed by atoms with Crippen LogP contribution in [0, 0.1) is 0 Å². The molecule has 1 heterocycles. The molecule has 10 heavy (non-hydrogen) atoms. The number of aromatic hydroxyl groups is 1. The maximum absolute atomic E-state index is 8.75. The fraction of sp³-hybridized carbons (Fsp3) is 0. The minimum Gasteiger partial charge on any atom is -0.505 e. The monoisotopic (exact) mass is 202 g/mol. The van der Waals surface area contributed by atoms with Gasteiger partial charge in [0.25, 0.3) is 0 Å². The third-order valence-electron chi connectivity index (χ3n) is 0.759. The second kappa shape index (κ2) is 4.49. The lowest BCUT2D eigenvalue weighted by Gasteiger charge is -1.80. The molecule has 0 radical (unpaired) electrons. The van der Waals surface area contributed by atoms with Gasteiger partial charge < -0.3 is 16.6 Å². The van der Waals surface area contributed by atoms with Crippen molar-refractivity contribution in [1.82, 2.24) is 0 Å². The van der Waals surface area contributed by atoms with Gasteiger partial charge in [0.15, 0.2) is 5.75 Å². The van der Waals surface area contributed by atoms with Crippen molar-refractivity contribution in [3.63, 3.8) is 0 Å². The number of hydrogen-bond acceptors (Lipinski definition) is 4. The standard InChI is InChI=1S/C4H6N2OS.2ClH/c5-3-1-2(7)4(6)8-3;;/h1,7H,5-6H2;2*1H. The van der Waals surface area contributed by atoms with Crippen molar-refractivity contribution < 1.29 is 5.11 Å². The smallest absolute Gasteiger partial charge is 0.151 e. The van der Waals surface area contributed by atoms with E-state index in [2.05, 4.69) is 0 Å². The van der Waals surface area contributed by atoms with Gasteiger partial charge in [-0.3, -0.25) is 0 Å². The Kier molecular flexibility index (Phi) is 5.55. The summed E-state index contributed by atoms with van der Waals surface area (Å²) < 4.78 is 0. The fourth-order valence-electron chi connectivity index (χ4n) is 0.415. The molecule has 0 spiro atoms. The third kappa shape index (κ3) is 2.51. The first-order chi connectivity index (χ1) is 3.70. The third-order valence-corrected chi connectivity index (χ3v) is 1.54. The van der Waals surface area contributed by atoms with Crippen LogP contribution in [-0.4, -0.2) is 5.11 Å². The summed E-state index contributed by atoms with van der Waals surface area (Å²) >= 11 is 1.17. The Labute approximate surface area is 74.9 Å². The van der Waals surface area contributed by atoms with Crippen LogP contribution in [0.1, 0.15) is 0 Å². The highest BCUT2D eigenvalue weighted by atomic mass is 35.5. The molecule has 0 saturated carbocycles. The van der Waals surface area contributed by atoms with E-state index in [9.17, 15) is 0 Å². The molecule has 60 valence electrons. The van der Waals surface area contributed by atoms with Crippen molar-refractivity contribution >= 4 is 46.2 Å². The molecule has 0 unspecified atom stereocenters. The van der Waals surface area contributed by atoms with E-state index in [4.69, 9.17) is 16.6 Å². The Morgan fingerprint density at radius 1 is 1.30 bits per heavy atom. The maximum atomic E-state index is 8.75. The van der Waals surface area contributed by atoms with Crippen LogP contribution >= 0.6 is 36.2 Å². The zero-order valence-electron chi connectivity index (χ0n) is 4.90. The summed E-state index contributed by atoms with van der Waals surface area (Å²) in [5.74, 6) is 0.0764. The molecule has 3 nitrogen and oxygen atoms in total. The van der Waals surface area contributed by atoms with Gasteiger partial charge in [0.2, 0.25) is 0 Å². The molecule has 0 aliphatic carbocycles. The average molecular weight is 203 g/mol. The Morgan fingerprint density at radius 2 is 1.80 bits per heavy atom. The largest absolute Gasteiger partial charge is 0.505 e. The van der Waals surface area contributed by atoms with E-state index in [1.165, 1.54) is 17.4 Å². The number of thiophene rings is 1. The first kappa shape index (κ1) is 12.4. The first-order valence-corrected chi connectivity index (χ1v) is 2.85. The van der Waals surface area contributed by atoms with E-state index >= 15 is 0 Å². The Bertz CT molecular complexity index is 184. The van der Waals surface area contributed by atoms with Crippen LogP contribution in [0.2, 0.25) is 0 Å². The predicted molar refractivity (Wildman–Crippen MR) is 49.3 cm³/mol. The quantitative estimate of drug-likeness (QED) is 0.597. The van der Waals surface area contributed by atoms with Crippen molar-refractivity contribution in [2.45, 2.75) is 0 Å². The topological polar surface area (TPSA) is 72.3 Å². The highest BCUT2D eigenvalue weighted by Gasteiger charge is 1.98. The molecule has 6 heteroatoms. The Hall–Kier alpha value is -0.320. The lowest BCUT2D eigenvalue weighted by atomic mass is 10.5. The number of hydrogen-bond donors (Lipinski definition) is 3. The summed E-state index contributed by atoms with van der Waals surface area (Å²) in [7, 11) is 0. The van der Waals surface area contributed by atoms with Crippen molar-refractivity contribution in [1.29, 1.82) is 0 Å². The van der Waals surface area contributed by atoms with Crippen molar-refractivity contribution in [2.24, 2.45) is 0 Å². The summed E-state index contributed by atoms with van der Waals surface area (Å²) in [4.78, 5) is 0. The van der Waals surface area contributed by atoms with Crippen LogP contribution in [0.25, 0.3) is 0 Å². The maximum Gasteiger partial charge on any atom is 0.151 e. The minimum absolute atomic E-state index is 0. The van der Waals surface area contributed by atoms with Gasteiger partial charge in [0, 0.05) is 6.07 Å². The van der Waals surface area contributed by atoms with E-state index < -0.39 is 0 Å². The van der Waals surface area contributed by atoms with Crippen molar-refractivity contribution in [2.75, 3.05) is 11.5 Å². The van der Waals surface area contributed by atoms with Gasteiger partial charge in [-0.05, 0) is 0 Å². The van der Waals surface area contributed by atoms with Crippen LogP contribution in [-0.2, 0) is 0 Å². The van der Waals surface area contributed by atoms with Crippen molar-refractivity contribution in [3.05, 3.63) is 6.07 Å². The first-order valence-electron chi connectivity index (χ1n) is 2.04. The molecule has 1 aromatic rings. The molecule has 0 saturated heterocycles. The van der Waals surface area contributed by atoms with E-state index in [0.29, 0.717) is 10.0 Å². The Balaban J connectivity index is 0. The fourth-order valence-corrected chi connectivity index (χ4v) is 1.00. The lowest BCUT2D eigenvalue weighted by Crippen LogP contribution is -1.75. The molecule has 1 aromatic heterocycles. The van der Waals surface area contributed by atoms with Gasteiger partial charge in [0.1, 0.15) is 5.00 Å². The van der Waals surface area contributed by atoms with Crippen LogP contribution in [0.5, 0.6) is 5.75 Å². The zero-order valence-corrected chi connectivity index (χ0v) is 7.35. The highest BCUT2D eigenvalue weighted by Crippen LogP contribution is 2.31. The second-order valence-electron chi connectivity index (χ2n) is 1.40. The lowest BCUT2D eigenvalue weighted by molar-refractivity contribution is 0.480. The summed E-state index contributed by atoms with van der Waals surface area (Å²) in [6.07, 6.45) is 0. The number of nitrogen functional groups attached to an aromatic ring is 2. The van der Waals surface area contributed by atoms with Crippen LogP contribution in [0.15, 0.2) is 6.07 Å². The molecule has 0 amide bonds. The number of nitrogens with two attached hydrogens (primary N) is 2. The summed E-state index contributed by atoms with van der Waals surface area (Å²) in [5.41, 5.74) is 10.5. The van der Waals surface area contributed by atoms with E-state index in [1.807, 2.05) is 0 Å². The van der Waals surface area contributed by atoms with Crippen LogP contribution < -0.4 is 11.5 Å². The van der Waals surface area contributed by atoms with Gasteiger partial charge >= 0.3 is 0 Å². The summed E-state index contributed by atoms with van der Waals surface area (Å²) in [6.45, 7) is 0.